The van der Waals surface area contributed by atoms with Gasteiger partial charge in [0.1, 0.15) is 5.75 Å². The number of nitriles is 1. The Labute approximate surface area is 130 Å². The lowest BCUT2D eigenvalue weighted by Gasteiger charge is -2.06. The van der Waals surface area contributed by atoms with E-state index in [-0.39, 0.29) is 5.91 Å². The lowest BCUT2D eigenvalue weighted by Crippen LogP contribution is -2.14. The molecule has 0 aliphatic carbocycles. The molecule has 5 nitrogen and oxygen atoms in total. The van der Waals surface area contributed by atoms with Crippen LogP contribution >= 0.6 is 0 Å². The topological polar surface area (TPSA) is 74.5 Å². The van der Waals surface area contributed by atoms with Gasteiger partial charge in [0, 0.05) is 0 Å². The summed E-state index contributed by atoms with van der Waals surface area (Å²) >= 11 is 0. The predicted octanol–water partition coefficient (Wildman–Crippen LogP) is 2.56. The molecule has 1 aliphatic heterocycles. The molecule has 1 atom stereocenters. The molecule has 1 heterocycles. The molecule has 1 N–H and O–H groups in total. The third-order valence-electron chi connectivity index (χ3n) is 3.41. The number of carbonyl (C=O) groups is 1. The van der Waals surface area contributed by atoms with Gasteiger partial charge in [-0.2, -0.15) is 5.26 Å². The van der Waals surface area contributed by atoms with Gasteiger partial charge in [0.25, 0.3) is 5.91 Å². The number of rotatable bonds is 2. The van der Waals surface area contributed by atoms with Gasteiger partial charge < -0.3 is 10.1 Å². The Morgan fingerprint density at radius 1 is 1.41 bits per heavy atom. The summed E-state index contributed by atoms with van der Waals surface area (Å²) in [6.45, 7) is 0. The van der Waals surface area contributed by atoms with Crippen LogP contribution in [-0.4, -0.2) is 18.9 Å². The number of amides is 1. The Morgan fingerprint density at radius 2 is 2.27 bits per heavy atom. The number of hydrogen-bond acceptors (Lipinski definition) is 4. The van der Waals surface area contributed by atoms with Gasteiger partial charge in [-0.1, -0.05) is 24.3 Å². The second-order valence-corrected chi connectivity index (χ2v) is 6.29. The first-order valence-corrected chi connectivity index (χ1v) is 7.95. The average Bonchev–Trinajstić information content (AvgIpc) is 2.88. The van der Waals surface area contributed by atoms with E-state index in [0.717, 1.165) is 22.1 Å². The number of hydrogen-bond donors (Lipinski definition) is 1. The van der Waals surface area contributed by atoms with Gasteiger partial charge in [-0.3, -0.25) is 4.79 Å². The van der Waals surface area contributed by atoms with Crippen LogP contribution in [-0.2, 0) is 15.5 Å². The summed E-state index contributed by atoms with van der Waals surface area (Å²) < 4.78 is 9.05. The second kappa shape index (κ2) is 6.00. The minimum atomic E-state index is -0.705. The van der Waals surface area contributed by atoms with Crippen molar-refractivity contribution in [1.82, 2.24) is 5.32 Å². The summed E-state index contributed by atoms with van der Waals surface area (Å²) in [6, 6.07) is 11.7. The van der Waals surface area contributed by atoms with E-state index < -0.39 is 10.7 Å². The van der Waals surface area contributed by atoms with E-state index in [2.05, 4.69) is 9.68 Å². The monoisotopic (exact) mass is 311 g/mol. The van der Waals surface area contributed by atoms with Gasteiger partial charge in [-0.15, -0.1) is 4.36 Å². The zero-order valence-electron chi connectivity index (χ0n) is 11.9. The maximum atomic E-state index is 11.9. The molecule has 110 valence electrons. The molecule has 0 bridgehead atoms. The molecule has 2 aromatic carbocycles. The summed E-state index contributed by atoms with van der Waals surface area (Å²) in [5.74, 6) is 1.03. The fourth-order valence-corrected chi connectivity index (χ4v) is 3.58. The maximum Gasteiger partial charge on any atom is 0.259 e. The maximum absolute atomic E-state index is 11.9. The van der Waals surface area contributed by atoms with E-state index in [1.165, 1.54) is 0 Å². The van der Waals surface area contributed by atoms with Gasteiger partial charge in [0.2, 0.25) is 6.19 Å². The van der Waals surface area contributed by atoms with Crippen molar-refractivity contribution in [3.8, 4) is 11.9 Å². The number of ether oxygens (including phenoxy) is 1. The number of methoxy groups -OCH3 is 1. The lowest BCUT2D eigenvalue weighted by molar-refractivity contribution is -0.116. The van der Waals surface area contributed by atoms with Gasteiger partial charge in [-0.05, 0) is 45.2 Å². The van der Waals surface area contributed by atoms with Gasteiger partial charge >= 0.3 is 0 Å². The van der Waals surface area contributed by atoms with Crippen LogP contribution < -0.4 is 10.1 Å². The van der Waals surface area contributed by atoms with Crippen LogP contribution in [0.3, 0.4) is 0 Å². The molecule has 1 fully saturated rings. The number of nitrogens with one attached hydrogen (secondary N) is 1. The highest BCUT2D eigenvalue weighted by Crippen LogP contribution is 2.26. The van der Waals surface area contributed by atoms with Crippen molar-refractivity contribution < 1.29 is 9.53 Å². The molecular formula is C16H13N3O2S. The van der Waals surface area contributed by atoms with Crippen LogP contribution in [0.5, 0.6) is 5.75 Å². The minimum absolute atomic E-state index is 0.159. The van der Waals surface area contributed by atoms with Crippen molar-refractivity contribution in [2.45, 2.75) is 0 Å². The second-order valence-electron chi connectivity index (χ2n) is 4.65. The summed E-state index contributed by atoms with van der Waals surface area (Å²) in [7, 11) is 0.925. The normalized spacial score (nSPS) is 19.4. The molecule has 22 heavy (non-hydrogen) atoms. The first-order chi connectivity index (χ1) is 10.7. The molecule has 0 spiro atoms. The lowest BCUT2D eigenvalue weighted by atomic mass is 10.0. The summed E-state index contributed by atoms with van der Waals surface area (Å²) in [6.07, 6.45) is 3.61. The van der Waals surface area contributed by atoms with Gasteiger partial charge in [0.15, 0.2) is 0 Å². The minimum Gasteiger partial charge on any atom is -0.497 e. The Morgan fingerprint density at radius 3 is 3.05 bits per heavy atom. The zero-order chi connectivity index (χ0) is 15.5. The number of carbonyl (C=O) groups excluding carboxylic acids is 1. The third-order valence-corrected chi connectivity index (χ3v) is 4.94. The van der Waals surface area contributed by atoms with Gasteiger partial charge in [0.05, 0.1) is 17.9 Å². The number of benzene rings is 2. The quantitative estimate of drug-likeness (QED) is 0.684. The zero-order valence-corrected chi connectivity index (χ0v) is 12.7. The standard InChI is InChI=1S/C16H13N3O2S/c1-21-13-5-6-14-11(7-13)3-2-4-12(14)8-15-16(20)18-10-22(15)19-9-17/h2-8H,10H2,1H3,(H,18,20)/b15-8+. The fraction of sp³-hybridized carbons (Fsp3) is 0.125. The Kier molecular flexibility index (Phi) is 3.90. The number of nitrogens with zero attached hydrogens (tertiary/aromatic N) is 2. The van der Waals surface area contributed by atoms with Crippen molar-refractivity contribution in [3.05, 3.63) is 46.9 Å². The summed E-state index contributed by atoms with van der Waals surface area (Å²) in [5, 5.41) is 13.5. The predicted molar refractivity (Wildman–Crippen MR) is 86.9 cm³/mol. The van der Waals surface area contributed by atoms with Crippen molar-refractivity contribution >= 4 is 33.4 Å². The van der Waals surface area contributed by atoms with E-state index in [4.69, 9.17) is 10.00 Å². The first-order valence-electron chi connectivity index (χ1n) is 6.60. The molecule has 0 saturated carbocycles. The highest BCUT2D eigenvalue weighted by Gasteiger charge is 2.22. The van der Waals surface area contributed by atoms with Crippen LogP contribution in [0.1, 0.15) is 5.56 Å². The van der Waals surface area contributed by atoms with Crippen molar-refractivity contribution in [1.29, 1.82) is 5.26 Å². The Bertz CT molecular complexity index is 865. The van der Waals surface area contributed by atoms with Gasteiger partial charge in [-0.25, -0.2) is 0 Å². The van der Waals surface area contributed by atoms with Crippen LogP contribution in [0, 0.1) is 11.5 Å². The molecule has 1 aliphatic rings. The summed E-state index contributed by atoms with van der Waals surface area (Å²) in [5.41, 5.74) is 0.929. The molecule has 1 saturated heterocycles. The van der Waals surface area contributed by atoms with E-state index in [1.807, 2.05) is 42.5 Å². The molecule has 2 aromatic rings. The molecule has 1 unspecified atom stereocenters. The van der Waals surface area contributed by atoms with E-state index in [9.17, 15) is 4.79 Å². The van der Waals surface area contributed by atoms with E-state index in [1.54, 1.807) is 13.3 Å². The van der Waals surface area contributed by atoms with Crippen LogP contribution in [0.4, 0.5) is 0 Å². The van der Waals surface area contributed by atoms with E-state index >= 15 is 0 Å². The van der Waals surface area contributed by atoms with Crippen molar-refractivity contribution in [2.24, 2.45) is 4.36 Å². The summed E-state index contributed by atoms with van der Waals surface area (Å²) in [4.78, 5) is 12.5. The third kappa shape index (κ3) is 2.59. The smallest absolute Gasteiger partial charge is 0.259 e. The Balaban J connectivity index is 2.14. The molecule has 1 amide bonds. The molecular weight excluding hydrogens is 298 g/mol. The molecule has 0 aromatic heterocycles. The molecule has 0 radical (unpaired) electrons. The highest BCUT2D eigenvalue weighted by atomic mass is 32.2. The SMILES string of the molecule is COc1ccc2c(/C=C3\C(=O)NCS3=NC#N)cccc2c1. The highest BCUT2D eigenvalue weighted by molar-refractivity contribution is 7.93. The molecule has 3 rings (SSSR count). The van der Waals surface area contributed by atoms with E-state index in [0.29, 0.717) is 10.8 Å². The largest absolute Gasteiger partial charge is 0.497 e. The number of fused-ring (bicyclic) bond motifs is 1. The molecule has 6 heteroatoms. The van der Waals surface area contributed by atoms with Crippen LogP contribution in [0.25, 0.3) is 16.8 Å². The van der Waals surface area contributed by atoms with Crippen LogP contribution in [0.2, 0.25) is 0 Å². The van der Waals surface area contributed by atoms with Crippen molar-refractivity contribution in [2.75, 3.05) is 13.0 Å². The van der Waals surface area contributed by atoms with Crippen LogP contribution in [0.15, 0.2) is 45.7 Å². The first kappa shape index (κ1) is 14.3. The van der Waals surface area contributed by atoms with Crippen molar-refractivity contribution in [3.63, 3.8) is 0 Å². The Hall–Kier alpha value is -2.65. The fourth-order valence-electron chi connectivity index (χ4n) is 2.35. The average molecular weight is 311 g/mol.